The zero-order valence-electron chi connectivity index (χ0n) is 19.1. The van der Waals surface area contributed by atoms with Crippen molar-refractivity contribution in [1.82, 2.24) is 4.98 Å². The van der Waals surface area contributed by atoms with Crippen molar-refractivity contribution in [3.63, 3.8) is 0 Å². The molecule has 4 aromatic rings. The number of hydrogen-bond donors (Lipinski definition) is 2. The summed E-state index contributed by atoms with van der Waals surface area (Å²) < 4.78 is 5.59. The van der Waals surface area contributed by atoms with E-state index >= 15 is 0 Å². The first-order valence-electron chi connectivity index (χ1n) is 10.8. The van der Waals surface area contributed by atoms with E-state index in [1.807, 2.05) is 31.2 Å². The first-order valence-corrected chi connectivity index (χ1v) is 10.8. The maximum absolute atomic E-state index is 5.59. The molecule has 0 fully saturated rings. The largest absolute Gasteiger partial charge is 0.494 e. The van der Waals surface area contributed by atoms with Gasteiger partial charge in [0, 0.05) is 34.6 Å². The molecular weight excluding hydrogens is 394 g/mol. The van der Waals surface area contributed by atoms with Crippen LogP contribution >= 0.6 is 0 Å². The SMILES string of the molecule is COc1cccc2c(Nc3ccccc3C)c(C=CCNc3ccccc3C)c(C)nc12. The molecule has 0 aliphatic heterocycles. The average Bonchev–Trinajstić information content (AvgIpc) is 2.80. The van der Waals surface area contributed by atoms with E-state index in [2.05, 4.69) is 79.1 Å². The molecule has 1 heterocycles. The summed E-state index contributed by atoms with van der Waals surface area (Å²) in [7, 11) is 1.69. The number of ether oxygens (including phenoxy) is 1. The lowest BCUT2D eigenvalue weighted by atomic mass is 10.0. The summed E-state index contributed by atoms with van der Waals surface area (Å²) in [5, 5.41) is 8.20. The zero-order valence-corrected chi connectivity index (χ0v) is 19.1. The Morgan fingerprint density at radius 3 is 2.22 bits per heavy atom. The quantitative estimate of drug-likeness (QED) is 0.335. The van der Waals surface area contributed by atoms with Gasteiger partial charge in [-0.2, -0.15) is 0 Å². The fourth-order valence-corrected chi connectivity index (χ4v) is 3.86. The van der Waals surface area contributed by atoms with Gasteiger partial charge in [0.15, 0.2) is 0 Å². The minimum Gasteiger partial charge on any atom is -0.494 e. The van der Waals surface area contributed by atoms with Crippen LogP contribution in [0.4, 0.5) is 17.1 Å². The second-order valence-electron chi connectivity index (χ2n) is 7.88. The molecule has 2 N–H and O–H groups in total. The van der Waals surface area contributed by atoms with Crippen LogP contribution in [-0.2, 0) is 0 Å². The van der Waals surface area contributed by atoms with Crippen molar-refractivity contribution in [3.8, 4) is 5.75 Å². The molecule has 4 nitrogen and oxygen atoms in total. The van der Waals surface area contributed by atoms with Gasteiger partial charge >= 0.3 is 0 Å². The number of hydrogen-bond acceptors (Lipinski definition) is 4. The van der Waals surface area contributed by atoms with Crippen molar-refractivity contribution in [3.05, 3.63) is 95.2 Å². The number of nitrogens with zero attached hydrogens (tertiary/aromatic N) is 1. The molecule has 1 aromatic heterocycles. The maximum Gasteiger partial charge on any atom is 0.145 e. The lowest BCUT2D eigenvalue weighted by Crippen LogP contribution is -2.03. The van der Waals surface area contributed by atoms with Crippen LogP contribution in [0.1, 0.15) is 22.4 Å². The van der Waals surface area contributed by atoms with E-state index < -0.39 is 0 Å². The van der Waals surface area contributed by atoms with Gasteiger partial charge < -0.3 is 15.4 Å². The van der Waals surface area contributed by atoms with Crippen molar-refractivity contribution >= 4 is 34.0 Å². The summed E-state index contributed by atoms with van der Waals surface area (Å²) in [5.41, 5.74) is 8.56. The number of pyridine rings is 1. The average molecular weight is 424 g/mol. The predicted molar refractivity (Wildman–Crippen MR) is 136 cm³/mol. The van der Waals surface area contributed by atoms with Gasteiger partial charge in [0.2, 0.25) is 0 Å². The lowest BCUT2D eigenvalue weighted by Gasteiger charge is -2.18. The van der Waals surface area contributed by atoms with Crippen molar-refractivity contribution in [2.45, 2.75) is 20.8 Å². The third-order valence-electron chi connectivity index (χ3n) is 5.67. The van der Waals surface area contributed by atoms with Crippen molar-refractivity contribution < 1.29 is 4.74 Å². The third-order valence-corrected chi connectivity index (χ3v) is 5.67. The number of aromatic nitrogens is 1. The molecule has 4 rings (SSSR count). The summed E-state index contributed by atoms with van der Waals surface area (Å²) in [5.74, 6) is 0.773. The highest BCUT2D eigenvalue weighted by Crippen LogP contribution is 2.36. The summed E-state index contributed by atoms with van der Waals surface area (Å²) in [6.07, 6.45) is 4.29. The van der Waals surface area contributed by atoms with Crippen LogP contribution in [0.2, 0.25) is 0 Å². The second kappa shape index (κ2) is 9.56. The standard InChI is InChI=1S/C28H29N3O/c1-19-11-5-7-15-24(19)29-18-10-14-22-21(3)30-28-23(13-9-17-26(28)32-4)27(22)31-25-16-8-6-12-20(25)2/h5-17,29H,18H2,1-4H3,(H,30,31). The lowest BCUT2D eigenvalue weighted by molar-refractivity contribution is 0.419. The van der Waals surface area contributed by atoms with E-state index in [1.165, 1.54) is 11.1 Å². The van der Waals surface area contributed by atoms with Crippen LogP contribution in [0, 0.1) is 20.8 Å². The van der Waals surface area contributed by atoms with E-state index in [1.54, 1.807) is 7.11 Å². The Bertz CT molecular complexity index is 1280. The smallest absolute Gasteiger partial charge is 0.145 e. The van der Waals surface area contributed by atoms with Gasteiger partial charge in [0.05, 0.1) is 12.8 Å². The van der Waals surface area contributed by atoms with Crippen LogP contribution in [-0.4, -0.2) is 18.6 Å². The van der Waals surface area contributed by atoms with Crippen molar-refractivity contribution in [2.75, 3.05) is 24.3 Å². The van der Waals surface area contributed by atoms with Gasteiger partial charge in [-0.1, -0.05) is 60.7 Å². The third kappa shape index (κ3) is 4.45. The predicted octanol–water partition coefficient (Wildman–Crippen LogP) is 7.04. The molecule has 3 aromatic carbocycles. The monoisotopic (exact) mass is 423 g/mol. The minimum atomic E-state index is 0.726. The van der Waals surface area contributed by atoms with Crippen molar-refractivity contribution in [2.24, 2.45) is 0 Å². The highest BCUT2D eigenvalue weighted by atomic mass is 16.5. The fourth-order valence-electron chi connectivity index (χ4n) is 3.86. The summed E-state index contributed by atoms with van der Waals surface area (Å²) in [6, 6.07) is 22.7. The molecular formula is C28H29N3O. The molecule has 0 radical (unpaired) electrons. The Morgan fingerprint density at radius 1 is 0.844 bits per heavy atom. The Hall–Kier alpha value is -3.79. The van der Waals surface area contributed by atoms with E-state index in [0.29, 0.717) is 0 Å². The van der Waals surface area contributed by atoms with Crippen LogP contribution in [0.15, 0.2) is 72.8 Å². The molecule has 0 bridgehead atoms. The number of nitrogens with one attached hydrogen (secondary N) is 2. The molecule has 0 spiro atoms. The fraction of sp³-hybridized carbons (Fsp3) is 0.179. The second-order valence-corrected chi connectivity index (χ2v) is 7.88. The Kier molecular flexibility index (Phi) is 6.41. The highest BCUT2D eigenvalue weighted by molar-refractivity contribution is 6.00. The molecule has 0 atom stereocenters. The van der Waals surface area contributed by atoms with E-state index in [4.69, 9.17) is 9.72 Å². The van der Waals surface area contributed by atoms with Gasteiger partial charge in [-0.3, -0.25) is 0 Å². The molecule has 0 unspecified atom stereocenters. The maximum atomic E-state index is 5.59. The van der Waals surface area contributed by atoms with Gasteiger partial charge in [0.1, 0.15) is 11.3 Å². The summed E-state index contributed by atoms with van der Waals surface area (Å²) >= 11 is 0. The molecule has 0 aliphatic rings. The van der Waals surface area contributed by atoms with Crippen LogP contribution in [0.3, 0.4) is 0 Å². The number of benzene rings is 3. The number of fused-ring (bicyclic) bond motifs is 1. The number of rotatable bonds is 7. The zero-order chi connectivity index (χ0) is 22.5. The van der Waals surface area contributed by atoms with Gasteiger partial charge in [-0.05, 0) is 50.1 Å². The van der Waals surface area contributed by atoms with Gasteiger partial charge in [0.25, 0.3) is 0 Å². The van der Waals surface area contributed by atoms with Crippen molar-refractivity contribution in [1.29, 1.82) is 0 Å². The normalized spacial score (nSPS) is 11.1. The number of aryl methyl sites for hydroxylation is 3. The molecule has 0 amide bonds. The molecule has 0 aliphatic carbocycles. The van der Waals surface area contributed by atoms with E-state index in [-0.39, 0.29) is 0 Å². The van der Waals surface area contributed by atoms with E-state index in [9.17, 15) is 0 Å². The first-order chi connectivity index (χ1) is 15.6. The Morgan fingerprint density at radius 2 is 1.53 bits per heavy atom. The van der Waals surface area contributed by atoms with Crippen LogP contribution < -0.4 is 15.4 Å². The number of methoxy groups -OCH3 is 1. The molecule has 162 valence electrons. The van der Waals surface area contributed by atoms with Crippen LogP contribution in [0.25, 0.3) is 17.0 Å². The number of anilines is 3. The van der Waals surface area contributed by atoms with Crippen LogP contribution in [0.5, 0.6) is 5.75 Å². The number of para-hydroxylation sites is 3. The molecule has 0 saturated carbocycles. The van der Waals surface area contributed by atoms with E-state index in [0.717, 1.165) is 51.5 Å². The topological polar surface area (TPSA) is 46.2 Å². The first kappa shape index (κ1) is 21.4. The molecule has 32 heavy (non-hydrogen) atoms. The Labute approximate surface area is 190 Å². The highest BCUT2D eigenvalue weighted by Gasteiger charge is 2.14. The molecule has 0 saturated heterocycles. The Balaban J connectivity index is 1.74. The van der Waals surface area contributed by atoms with Gasteiger partial charge in [-0.25, -0.2) is 4.98 Å². The summed E-state index contributed by atoms with van der Waals surface area (Å²) in [4.78, 5) is 4.89. The summed E-state index contributed by atoms with van der Waals surface area (Å²) in [6.45, 7) is 7.00. The minimum absolute atomic E-state index is 0.726. The van der Waals surface area contributed by atoms with Gasteiger partial charge in [-0.15, -0.1) is 0 Å². The molecule has 4 heteroatoms.